The fourth-order valence-corrected chi connectivity index (χ4v) is 5.76. The summed E-state index contributed by atoms with van der Waals surface area (Å²) in [5.41, 5.74) is 1.29. The van der Waals surface area contributed by atoms with Crippen molar-refractivity contribution in [1.82, 2.24) is 29.3 Å². The molecule has 0 saturated carbocycles. The number of halogens is 3. The molecule has 12 heteroatoms. The Labute approximate surface area is 237 Å². The highest BCUT2D eigenvalue weighted by Gasteiger charge is 2.41. The van der Waals surface area contributed by atoms with Crippen LogP contribution in [0.25, 0.3) is 11.1 Å². The van der Waals surface area contributed by atoms with Gasteiger partial charge in [0, 0.05) is 64.7 Å². The third kappa shape index (κ3) is 5.56. The molecule has 5 rings (SSSR count). The molecule has 0 fully saturated rings. The SMILES string of the molecule is CC(C)(C)[S+]([O-])N[C@](C)(c1cnc(C2=CCN(c3ncnn4cc(Br)cc34)CC2)nc1)c1ccc(F)cc1F. The maximum Gasteiger partial charge on any atom is 0.156 e. The standard InChI is InChI=1S/C27H28BrF2N7OS/c1-26(2,3)39(38)35-27(4,21-6-5-20(29)12-22(21)30)18-13-31-24(32-14-18)17-7-9-36(10-8-17)25-23-11-19(28)15-37(23)34-16-33-25/h5-7,11-16,35H,8-10H2,1-4H3/t27-,39?/m1/s1. The molecule has 4 heterocycles. The average molecular weight is 617 g/mol. The number of anilines is 1. The minimum absolute atomic E-state index is 0.151. The molecule has 1 aromatic carbocycles. The van der Waals surface area contributed by atoms with Gasteiger partial charge < -0.3 is 9.45 Å². The van der Waals surface area contributed by atoms with Crippen molar-refractivity contribution in [3.05, 3.63) is 88.3 Å². The molecular formula is C27H28BrF2N7OS. The third-order valence-electron chi connectivity index (χ3n) is 6.70. The van der Waals surface area contributed by atoms with Crippen molar-refractivity contribution in [2.75, 3.05) is 18.0 Å². The van der Waals surface area contributed by atoms with Crippen molar-refractivity contribution in [2.45, 2.75) is 44.4 Å². The van der Waals surface area contributed by atoms with Crippen molar-refractivity contribution in [3.63, 3.8) is 0 Å². The molecule has 1 aliphatic heterocycles. The largest absolute Gasteiger partial charge is 0.598 e. The molecule has 8 nitrogen and oxygen atoms in total. The fraction of sp³-hybridized carbons (Fsp3) is 0.333. The van der Waals surface area contributed by atoms with Crippen LogP contribution < -0.4 is 9.62 Å². The molecule has 0 saturated heterocycles. The van der Waals surface area contributed by atoms with E-state index in [4.69, 9.17) is 0 Å². The quantitative estimate of drug-likeness (QED) is 0.299. The van der Waals surface area contributed by atoms with E-state index in [9.17, 15) is 13.3 Å². The normalized spacial score (nSPS) is 16.7. The summed E-state index contributed by atoms with van der Waals surface area (Å²) in [6.07, 6.45) is 9.42. The van der Waals surface area contributed by atoms with E-state index in [0.29, 0.717) is 24.4 Å². The lowest BCUT2D eigenvalue weighted by atomic mass is 9.87. The lowest BCUT2D eigenvalue weighted by Gasteiger charge is -2.35. The lowest BCUT2D eigenvalue weighted by Crippen LogP contribution is -2.51. The summed E-state index contributed by atoms with van der Waals surface area (Å²) < 4.78 is 46.9. The van der Waals surface area contributed by atoms with Crippen molar-refractivity contribution in [2.24, 2.45) is 0 Å². The lowest BCUT2D eigenvalue weighted by molar-refractivity contribution is 0.456. The van der Waals surface area contributed by atoms with Crippen molar-refractivity contribution in [3.8, 4) is 0 Å². The van der Waals surface area contributed by atoms with Crippen LogP contribution in [0.3, 0.4) is 0 Å². The zero-order valence-corrected chi connectivity index (χ0v) is 24.4. The molecule has 0 radical (unpaired) electrons. The van der Waals surface area contributed by atoms with E-state index in [1.54, 1.807) is 23.8 Å². The monoisotopic (exact) mass is 615 g/mol. The predicted octanol–water partition coefficient (Wildman–Crippen LogP) is 5.17. The van der Waals surface area contributed by atoms with Crippen LogP contribution in [0, 0.1) is 11.6 Å². The number of benzene rings is 1. The molecule has 0 aliphatic carbocycles. The number of nitrogens with one attached hydrogen (secondary N) is 1. The molecule has 0 bridgehead atoms. The highest BCUT2D eigenvalue weighted by molar-refractivity contribution is 9.10. The summed E-state index contributed by atoms with van der Waals surface area (Å²) in [6.45, 7) is 8.50. The molecule has 3 aromatic heterocycles. The van der Waals surface area contributed by atoms with Crippen molar-refractivity contribution >= 4 is 44.2 Å². The van der Waals surface area contributed by atoms with Gasteiger partial charge in [0.2, 0.25) is 0 Å². The minimum Gasteiger partial charge on any atom is -0.598 e. The second kappa shape index (κ2) is 10.6. The average Bonchev–Trinajstić information content (AvgIpc) is 3.28. The van der Waals surface area contributed by atoms with Gasteiger partial charge in [-0.15, -0.1) is 4.72 Å². The van der Waals surface area contributed by atoms with Crippen LogP contribution >= 0.6 is 15.9 Å². The van der Waals surface area contributed by atoms with E-state index in [0.717, 1.165) is 34.0 Å². The number of fused-ring (bicyclic) bond motifs is 1. The Morgan fingerprint density at radius 2 is 1.82 bits per heavy atom. The van der Waals surface area contributed by atoms with Gasteiger partial charge in [0.15, 0.2) is 11.6 Å². The molecule has 204 valence electrons. The summed E-state index contributed by atoms with van der Waals surface area (Å²) in [7, 11) is 0. The molecule has 39 heavy (non-hydrogen) atoms. The molecule has 2 atom stereocenters. The first-order chi connectivity index (χ1) is 18.5. The van der Waals surface area contributed by atoms with Crippen LogP contribution in [0.5, 0.6) is 0 Å². The molecule has 0 amide bonds. The van der Waals surface area contributed by atoms with Crippen LogP contribution in [-0.2, 0) is 16.9 Å². The van der Waals surface area contributed by atoms with Crippen molar-refractivity contribution in [1.29, 1.82) is 0 Å². The van der Waals surface area contributed by atoms with Gasteiger partial charge in [0.05, 0.1) is 0 Å². The van der Waals surface area contributed by atoms with Crippen LogP contribution in [-0.4, -0.2) is 47.0 Å². The van der Waals surface area contributed by atoms with Gasteiger partial charge in [0.25, 0.3) is 0 Å². The number of hydrogen-bond donors (Lipinski definition) is 1. The second-order valence-corrected chi connectivity index (χ2v) is 13.4. The Balaban J connectivity index is 1.42. The molecule has 1 unspecified atom stereocenters. The van der Waals surface area contributed by atoms with E-state index in [-0.39, 0.29) is 5.56 Å². The Bertz CT molecular complexity index is 1540. The summed E-state index contributed by atoms with van der Waals surface area (Å²) in [5, 5.41) is 4.26. The molecular weight excluding hydrogens is 588 g/mol. The number of rotatable bonds is 6. The van der Waals surface area contributed by atoms with Crippen LogP contribution in [0.2, 0.25) is 0 Å². The molecule has 1 aliphatic rings. The van der Waals surface area contributed by atoms with Gasteiger partial charge in [-0.05, 0) is 67.8 Å². The van der Waals surface area contributed by atoms with E-state index in [1.165, 1.54) is 18.5 Å². The fourth-order valence-electron chi connectivity index (χ4n) is 4.45. The van der Waals surface area contributed by atoms with Gasteiger partial charge in [0.1, 0.15) is 33.8 Å². The summed E-state index contributed by atoms with van der Waals surface area (Å²) in [4.78, 5) is 15.8. The van der Waals surface area contributed by atoms with Gasteiger partial charge in [-0.1, -0.05) is 12.1 Å². The van der Waals surface area contributed by atoms with E-state index in [1.807, 2.05) is 33.0 Å². The maximum absolute atomic E-state index is 15.0. The first-order valence-corrected chi connectivity index (χ1v) is 14.3. The number of nitrogens with zero attached hydrogens (tertiary/aromatic N) is 6. The number of hydrogen-bond acceptors (Lipinski definition) is 7. The van der Waals surface area contributed by atoms with E-state index in [2.05, 4.69) is 51.7 Å². The topological polar surface area (TPSA) is 94.3 Å². The molecule has 4 aromatic rings. The van der Waals surface area contributed by atoms with Gasteiger partial charge in [-0.2, -0.15) is 5.10 Å². The predicted molar refractivity (Wildman–Crippen MR) is 151 cm³/mol. The van der Waals surface area contributed by atoms with Crippen LogP contribution in [0.4, 0.5) is 14.6 Å². The van der Waals surface area contributed by atoms with Gasteiger partial charge in [-0.3, -0.25) is 0 Å². The first-order valence-electron chi connectivity index (χ1n) is 12.4. The Hall–Kier alpha value is -2.93. The Kier molecular flexibility index (Phi) is 7.49. The maximum atomic E-state index is 15.0. The van der Waals surface area contributed by atoms with E-state index >= 15 is 0 Å². The summed E-state index contributed by atoms with van der Waals surface area (Å²) in [6, 6.07) is 5.35. The second-order valence-electron chi connectivity index (χ2n) is 10.5. The molecule has 1 N–H and O–H groups in total. The summed E-state index contributed by atoms with van der Waals surface area (Å²) in [5.74, 6) is -0.0237. The van der Waals surface area contributed by atoms with Crippen LogP contribution in [0.1, 0.15) is 51.1 Å². The Morgan fingerprint density at radius 1 is 1.08 bits per heavy atom. The highest BCUT2D eigenvalue weighted by atomic mass is 79.9. The smallest absolute Gasteiger partial charge is 0.156 e. The van der Waals surface area contributed by atoms with E-state index < -0.39 is 33.3 Å². The van der Waals surface area contributed by atoms with Gasteiger partial charge >= 0.3 is 0 Å². The zero-order valence-electron chi connectivity index (χ0n) is 22.0. The third-order valence-corrected chi connectivity index (χ3v) is 8.84. The summed E-state index contributed by atoms with van der Waals surface area (Å²) >= 11 is 1.93. The minimum atomic E-state index is -1.56. The van der Waals surface area contributed by atoms with Crippen molar-refractivity contribution < 1.29 is 13.3 Å². The highest BCUT2D eigenvalue weighted by Crippen LogP contribution is 2.34. The zero-order chi connectivity index (χ0) is 27.9. The van der Waals surface area contributed by atoms with Gasteiger partial charge in [-0.25, -0.2) is 28.2 Å². The number of aromatic nitrogens is 5. The first kappa shape index (κ1) is 27.6. The molecule has 0 spiro atoms. The van der Waals surface area contributed by atoms with Crippen LogP contribution in [0.15, 0.2) is 59.7 Å². The Morgan fingerprint density at radius 3 is 2.46 bits per heavy atom.